The van der Waals surface area contributed by atoms with Crippen molar-refractivity contribution < 1.29 is 0 Å². The number of nitrogens with two attached hydrogens (primary N) is 1. The first kappa shape index (κ1) is 14.1. The second-order valence-corrected chi connectivity index (χ2v) is 6.66. The lowest BCUT2D eigenvalue weighted by atomic mass is 9.93. The van der Waals surface area contributed by atoms with Gasteiger partial charge in [0.25, 0.3) is 0 Å². The molecule has 0 radical (unpaired) electrons. The second kappa shape index (κ2) is 5.35. The van der Waals surface area contributed by atoms with Crippen molar-refractivity contribution in [1.29, 1.82) is 0 Å². The van der Waals surface area contributed by atoms with Crippen LogP contribution in [0.2, 0.25) is 0 Å². The molecule has 2 rings (SSSR count). The van der Waals surface area contributed by atoms with Crippen molar-refractivity contribution in [1.82, 2.24) is 15.0 Å². The molecular weight excluding hydrogens is 256 g/mol. The highest BCUT2D eigenvalue weighted by atomic mass is 32.1. The summed E-state index contributed by atoms with van der Waals surface area (Å²) in [7, 11) is 0. The summed E-state index contributed by atoms with van der Waals surface area (Å²) in [6.45, 7) is 8.37. The van der Waals surface area contributed by atoms with E-state index in [0.717, 1.165) is 28.6 Å². The van der Waals surface area contributed by atoms with Gasteiger partial charge in [0.15, 0.2) is 0 Å². The van der Waals surface area contributed by atoms with E-state index in [1.54, 1.807) is 17.5 Å². The Labute approximate surface area is 118 Å². The topological polar surface area (TPSA) is 64.7 Å². The summed E-state index contributed by atoms with van der Waals surface area (Å²) in [5.41, 5.74) is 8.28. The molecule has 5 heteroatoms. The van der Waals surface area contributed by atoms with Crippen LogP contribution < -0.4 is 5.73 Å². The third kappa shape index (κ3) is 3.58. The number of aryl methyl sites for hydroxylation is 1. The maximum atomic E-state index is 6.19. The number of hydrogen-bond donors (Lipinski definition) is 1. The Morgan fingerprint density at radius 1 is 1.32 bits per heavy atom. The molecule has 0 saturated carbocycles. The molecule has 0 aliphatic heterocycles. The summed E-state index contributed by atoms with van der Waals surface area (Å²) in [4.78, 5) is 13.1. The molecule has 0 aromatic carbocycles. The number of thiazole rings is 1. The minimum atomic E-state index is -0.124. The van der Waals surface area contributed by atoms with E-state index in [2.05, 4.69) is 41.1 Å². The third-order valence-corrected chi connectivity index (χ3v) is 3.76. The van der Waals surface area contributed by atoms with Crippen LogP contribution in [0.4, 0.5) is 0 Å². The van der Waals surface area contributed by atoms with Crippen molar-refractivity contribution in [2.75, 3.05) is 0 Å². The van der Waals surface area contributed by atoms with E-state index in [1.165, 1.54) is 0 Å². The minimum Gasteiger partial charge on any atom is -0.322 e. The van der Waals surface area contributed by atoms with E-state index in [0.29, 0.717) is 0 Å². The first-order chi connectivity index (χ1) is 8.86. The van der Waals surface area contributed by atoms with Crippen molar-refractivity contribution in [3.63, 3.8) is 0 Å². The molecule has 2 N–H and O–H groups in total. The smallest absolute Gasteiger partial charge is 0.125 e. The van der Waals surface area contributed by atoms with Crippen molar-refractivity contribution in [3.8, 4) is 0 Å². The van der Waals surface area contributed by atoms with Crippen LogP contribution in [0, 0.1) is 6.92 Å². The molecule has 2 aromatic rings. The predicted molar refractivity (Wildman–Crippen MR) is 78.2 cm³/mol. The average molecular weight is 276 g/mol. The molecule has 2 heterocycles. The SMILES string of the molecule is Cc1nccc(C(N)Cc2nc(C(C)(C)C)cs2)n1. The summed E-state index contributed by atoms with van der Waals surface area (Å²) >= 11 is 1.67. The van der Waals surface area contributed by atoms with Gasteiger partial charge >= 0.3 is 0 Å². The van der Waals surface area contributed by atoms with Crippen molar-refractivity contribution in [3.05, 3.63) is 39.9 Å². The highest BCUT2D eigenvalue weighted by Gasteiger charge is 2.18. The summed E-state index contributed by atoms with van der Waals surface area (Å²) in [6.07, 6.45) is 2.47. The van der Waals surface area contributed by atoms with Crippen LogP contribution in [-0.2, 0) is 11.8 Å². The van der Waals surface area contributed by atoms with Crippen LogP contribution in [0.15, 0.2) is 17.6 Å². The lowest BCUT2D eigenvalue weighted by molar-refractivity contribution is 0.568. The van der Waals surface area contributed by atoms with Gasteiger partial charge in [-0.15, -0.1) is 11.3 Å². The molecule has 0 spiro atoms. The van der Waals surface area contributed by atoms with Crippen molar-refractivity contribution in [2.24, 2.45) is 5.73 Å². The maximum absolute atomic E-state index is 6.19. The van der Waals surface area contributed by atoms with Gasteiger partial charge < -0.3 is 5.73 Å². The van der Waals surface area contributed by atoms with E-state index in [1.807, 2.05) is 13.0 Å². The number of nitrogens with zero attached hydrogens (tertiary/aromatic N) is 3. The Morgan fingerprint density at radius 2 is 2.05 bits per heavy atom. The highest BCUT2D eigenvalue weighted by molar-refractivity contribution is 7.09. The number of hydrogen-bond acceptors (Lipinski definition) is 5. The Bertz CT molecular complexity index is 557. The van der Waals surface area contributed by atoms with Gasteiger partial charge in [-0.1, -0.05) is 20.8 Å². The fraction of sp³-hybridized carbons (Fsp3) is 0.500. The molecule has 1 unspecified atom stereocenters. The minimum absolute atomic E-state index is 0.0876. The molecular formula is C14H20N4S. The first-order valence-corrected chi connectivity index (χ1v) is 7.24. The van der Waals surface area contributed by atoms with E-state index < -0.39 is 0 Å². The third-order valence-electron chi connectivity index (χ3n) is 2.89. The maximum Gasteiger partial charge on any atom is 0.125 e. The standard InChI is InChI=1S/C14H20N4S/c1-9-16-6-5-11(17-9)10(15)7-13-18-12(8-19-13)14(2,3)4/h5-6,8,10H,7,15H2,1-4H3. The molecule has 2 aromatic heterocycles. The second-order valence-electron chi connectivity index (χ2n) is 5.72. The fourth-order valence-electron chi connectivity index (χ4n) is 1.72. The molecule has 0 aliphatic rings. The molecule has 0 saturated heterocycles. The molecule has 0 amide bonds. The lowest BCUT2D eigenvalue weighted by Crippen LogP contribution is -2.16. The summed E-state index contributed by atoms with van der Waals surface area (Å²) in [6, 6.07) is 1.75. The number of aromatic nitrogens is 3. The highest BCUT2D eigenvalue weighted by Crippen LogP contribution is 2.25. The zero-order chi connectivity index (χ0) is 14.0. The van der Waals surface area contributed by atoms with Crippen LogP contribution in [0.25, 0.3) is 0 Å². The average Bonchev–Trinajstić information content (AvgIpc) is 2.77. The normalized spacial score (nSPS) is 13.5. The molecule has 102 valence electrons. The molecule has 4 nitrogen and oxygen atoms in total. The van der Waals surface area contributed by atoms with Crippen LogP contribution in [0.3, 0.4) is 0 Å². The van der Waals surface area contributed by atoms with Gasteiger partial charge in [-0.25, -0.2) is 15.0 Å². The van der Waals surface area contributed by atoms with Gasteiger partial charge in [-0.3, -0.25) is 0 Å². The van der Waals surface area contributed by atoms with E-state index in [-0.39, 0.29) is 11.5 Å². The van der Waals surface area contributed by atoms with Crippen LogP contribution in [0.1, 0.15) is 49.0 Å². The van der Waals surface area contributed by atoms with Gasteiger partial charge in [0.05, 0.1) is 22.4 Å². The quantitative estimate of drug-likeness (QED) is 0.936. The Hall–Kier alpha value is -1.33. The molecule has 0 bridgehead atoms. The van der Waals surface area contributed by atoms with E-state index in [4.69, 9.17) is 5.73 Å². The Balaban J connectivity index is 2.11. The van der Waals surface area contributed by atoms with Crippen LogP contribution in [0.5, 0.6) is 0 Å². The lowest BCUT2D eigenvalue weighted by Gasteiger charge is -2.14. The van der Waals surface area contributed by atoms with Gasteiger partial charge in [0.1, 0.15) is 5.82 Å². The summed E-state index contributed by atoms with van der Waals surface area (Å²) < 4.78 is 0. The fourth-order valence-corrected chi connectivity index (χ4v) is 2.80. The van der Waals surface area contributed by atoms with Crippen LogP contribution >= 0.6 is 11.3 Å². The van der Waals surface area contributed by atoms with Gasteiger partial charge in [-0.2, -0.15) is 0 Å². The summed E-state index contributed by atoms with van der Waals surface area (Å²) in [5, 5.41) is 3.18. The molecule has 0 aliphatic carbocycles. The monoisotopic (exact) mass is 276 g/mol. The first-order valence-electron chi connectivity index (χ1n) is 6.36. The predicted octanol–water partition coefficient (Wildman–Crippen LogP) is 2.78. The Morgan fingerprint density at radius 3 is 2.63 bits per heavy atom. The van der Waals surface area contributed by atoms with E-state index >= 15 is 0 Å². The van der Waals surface area contributed by atoms with Crippen molar-refractivity contribution in [2.45, 2.75) is 45.6 Å². The Kier molecular flexibility index (Phi) is 3.96. The zero-order valence-corrected chi connectivity index (χ0v) is 12.7. The number of rotatable bonds is 3. The van der Waals surface area contributed by atoms with Crippen molar-refractivity contribution >= 4 is 11.3 Å². The van der Waals surface area contributed by atoms with E-state index in [9.17, 15) is 0 Å². The van der Waals surface area contributed by atoms with Gasteiger partial charge in [0.2, 0.25) is 0 Å². The van der Waals surface area contributed by atoms with Gasteiger partial charge in [-0.05, 0) is 13.0 Å². The molecule has 1 atom stereocenters. The molecule has 19 heavy (non-hydrogen) atoms. The van der Waals surface area contributed by atoms with Crippen LogP contribution in [-0.4, -0.2) is 15.0 Å². The van der Waals surface area contributed by atoms with Gasteiger partial charge in [0, 0.05) is 23.4 Å². The summed E-state index contributed by atoms with van der Waals surface area (Å²) in [5.74, 6) is 0.752. The largest absolute Gasteiger partial charge is 0.322 e. The zero-order valence-electron chi connectivity index (χ0n) is 11.8. The molecule has 0 fully saturated rings.